The number of aromatic hydroxyl groups is 1. The number of methoxy groups -OCH3 is 1. The number of hydrogen-bond acceptors (Lipinski definition) is 5. The molecule has 0 aromatic heterocycles. The van der Waals surface area contributed by atoms with Gasteiger partial charge in [0, 0.05) is 25.9 Å². The Labute approximate surface area is 148 Å². The fourth-order valence-electron chi connectivity index (χ4n) is 2.20. The lowest BCUT2D eigenvalue weighted by atomic mass is 10.1. The Morgan fingerprint density at radius 1 is 1.16 bits per heavy atom. The Balaban J connectivity index is 2.51. The van der Waals surface area contributed by atoms with Gasteiger partial charge in [-0.05, 0) is 55.3 Å². The molecule has 134 valence electrons. The van der Waals surface area contributed by atoms with Crippen molar-refractivity contribution in [2.75, 3.05) is 21.2 Å². The molecule has 7 heteroatoms. The smallest absolute Gasteiger partial charge is 0.242 e. The molecule has 0 aliphatic carbocycles. The Morgan fingerprint density at radius 3 is 2.44 bits per heavy atom. The van der Waals surface area contributed by atoms with Crippen molar-refractivity contribution in [3.63, 3.8) is 0 Å². The summed E-state index contributed by atoms with van der Waals surface area (Å²) in [5.74, 6) is 0.659. The molecule has 2 rings (SSSR count). The normalized spacial score (nSPS) is 12.1. The third-order valence-electron chi connectivity index (χ3n) is 3.97. The zero-order chi connectivity index (χ0) is 18.8. The number of nitrogens with zero attached hydrogens (tertiary/aromatic N) is 2. The van der Waals surface area contributed by atoms with Gasteiger partial charge in [0.25, 0.3) is 0 Å². The molecule has 0 saturated carbocycles. The molecule has 1 N–H and O–H groups in total. The largest absolute Gasteiger partial charge is 0.507 e. The van der Waals surface area contributed by atoms with Crippen LogP contribution in [0.2, 0.25) is 0 Å². The molecule has 0 fully saturated rings. The van der Waals surface area contributed by atoms with E-state index in [0.29, 0.717) is 17.0 Å². The van der Waals surface area contributed by atoms with Crippen molar-refractivity contribution >= 4 is 21.9 Å². The summed E-state index contributed by atoms with van der Waals surface area (Å²) in [7, 11) is 0.963. The first-order chi connectivity index (χ1) is 11.7. The average Bonchev–Trinajstić information content (AvgIpc) is 2.57. The van der Waals surface area contributed by atoms with Gasteiger partial charge in [0.05, 0.1) is 17.7 Å². The highest BCUT2D eigenvalue weighted by Crippen LogP contribution is 2.28. The molecule has 0 atom stereocenters. The molecule has 0 unspecified atom stereocenters. The van der Waals surface area contributed by atoms with Gasteiger partial charge < -0.3 is 9.84 Å². The van der Waals surface area contributed by atoms with E-state index >= 15 is 0 Å². The summed E-state index contributed by atoms with van der Waals surface area (Å²) in [5, 5.41) is 9.94. The summed E-state index contributed by atoms with van der Waals surface area (Å²) in [6.45, 7) is 3.71. The van der Waals surface area contributed by atoms with Gasteiger partial charge >= 0.3 is 0 Å². The van der Waals surface area contributed by atoms with E-state index < -0.39 is 10.0 Å². The maximum Gasteiger partial charge on any atom is 0.242 e. The molecule has 0 saturated heterocycles. The van der Waals surface area contributed by atoms with Crippen molar-refractivity contribution in [2.45, 2.75) is 18.7 Å². The number of aliphatic imine (C=N–C) groups is 1. The quantitative estimate of drug-likeness (QED) is 0.829. The van der Waals surface area contributed by atoms with Gasteiger partial charge in [0.2, 0.25) is 10.0 Å². The maximum absolute atomic E-state index is 12.4. The standard InChI is InChI=1S/C18H22N2O4S/c1-12-8-16(25(22,23)20(3)4)10-17(13(12)2)19-11-14-9-15(24-5)6-7-18(14)21/h6-11,21H,1-5H3. The van der Waals surface area contributed by atoms with Crippen molar-refractivity contribution < 1.29 is 18.3 Å². The molecule has 0 aliphatic heterocycles. The highest BCUT2D eigenvalue weighted by molar-refractivity contribution is 7.89. The summed E-state index contributed by atoms with van der Waals surface area (Å²) in [4.78, 5) is 4.57. The van der Waals surface area contributed by atoms with E-state index in [1.165, 1.54) is 43.9 Å². The first-order valence-electron chi connectivity index (χ1n) is 7.61. The molecule has 0 heterocycles. The van der Waals surface area contributed by atoms with Crippen molar-refractivity contribution in [3.05, 3.63) is 47.0 Å². The van der Waals surface area contributed by atoms with E-state index in [9.17, 15) is 13.5 Å². The molecular weight excluding hydrogens is 340 g/mol. The van der Waals surface area contributed by atoms with E-state index in [0.717, 1.165) is 11.1 Å². The summed E-state index contributed by atoms with van der Waals surface area (Å²) in [6, 6.07) is 7.98. The van der Waals surface area contributed by atoms with Crippen LogP contribution in [0.25, 0.3) is 0 Å². The lowest BCUT2D eigenvalue weighted by Crippen LogP contribution is -2.22. The minimum atomic E-state index is -3.55. The van der Waals surface area contributed by atoms with Crippen LogP contribution in [-0.4, -0.2) is 45.2 Å². The average molecular weight is 362 g/mol. The summed E-state index contributed by atoms with van der Waals surface area (Å²) < 4.78 is 31.1. The van der Waals surface area contributed by atoms with Crippen LogP contribution in [0, 0.1) is 13.8 Å². The van der Waals surface area contributed by atoms with Gasteiger partial charge in [-0.1, -0.05) is 0 Å². The molecule has 0 bridgehead atoms. The topological polar surface area (TPSA) is 79.2 Å². The molecule has 6 nitrogen and oxygen atoms in total. The van der Waals surface area contributed by atoms with Crippen LogP contribution >= 0.6 is 0 Å². The van der Waals surface area contributed by atoms with Crippen molar-refractivity contribution in [1.29, 1.82) is 0 Å². The lowest BCUT2D eigenvalue weighted by molar-refractivity contribution is 0.412. The Hall–Kier alpha value is -2.38. The zero-order valence-corrected chi connectivity index (χ0v) is 15.8. The minimum Gasteiger partial charge on any atom is -0.507 e. The van der Waals surface area contributed by atoms with E-state index in [-0.39, 0.29) is 10.6 Å². The van der Waals surface area contributed by atoms with Crippen LogP contribution in [0.15, 0.2) is 40.2 Å². The van der Waals surface area contributed by atoms with Crippen molar-refractivity contribution in [3.8, 4) is 11.5 Å². The van der Waals surface area contributed by atoms with Crippen LogP contribution in [0.4, 0.5) is 5.69 Å². The number of phenols is 1. The highest BCUT2D eigenvalue weighted by atomic mass is 32.2. The third-order valence-corrected chi connectivity index (χ3v) is 5.76. The fraction of sp³-hybridized carbons (Fsp3) is 0.278. The number of benzene rings is 2. The predicted octanol–water partition coefficient (Wildman–Crippen LogP) is 3.02. The second-order valence-corrected chi connectivity index (χ2v) is 8.01. The fourth-order valence-corrected chi connectivity index (χ4v) is 3.21. The molecular formula is C18H22N2O4S. The first kappa shape index (κ1) is 19.0. The number of ether oxygens (including phenoxy) is 1. The summed E-state index contributed by atoms with van der Waals surface area (Å²) in [6.07, 6.45) is 1.49. The van der Waals surface area contributed by atoms with Gasteiger partial charge in [-0.2, -0.15) is 0 Å². The van der Waals surface area contributed by atoms with Crippen LogP contribution in [0.3, 0.4) is 0 Å². The van der Waals surface area contributed by atoms with Crippen LogP contribution in [0.5, 0.6) is 11.5 Å². The SMILES string of the molecule is COc1ccc(O)c(C=Nc2cc(S(=O)(=O)N(C)C)cc(C)c2C)c1. The number of hydrogen-bond donors (Lipinski definition) is 1. The van der Waals surface area contributed by atoms with Gasteiger partial charge in [-0.25, -0.2) is 12.7 Å². The van der Waals surface area contributed by atoms with E-state index in [2.05, 4.69) is 4.99 Å². The van der Waals surface area contributed by atoms with Crippen molar-refractivity contribution in [2.24, 2.45) is 4.99 Å². The zero-order valence-electron chi connectivity index (χ0n) is 14.9. The Bertz CT molecular complexity index is 919. The number of aryl methyl sites for hydroxylation is 1. The monoisotopic (exact) mass is 362 g/mol. The van der Waals surface area contributed by atoms with Crippen LogP contribution in [-0.2, 0) is 10.0 Å². The number of rotatable bonds is 5. The van der Waals surface area contributed by atoms with Gasteiger partial charge in [-0.15, -0.1) is 0 Å². The Morgan fingerprint density at radius 2 is 1.84 bits per heavy atom. The molecule has 0 spiro atoms. The minimum absolute atomic E-state index is 0.0657. The molecule has 2 aromatic rings. The highest BCUT2D eigenvalue weighted by Gasteiger charge is 2.19. The number of phenolic OH excluding ortho intramolecular Hbond substituents is 1. The molecule has 2 aromatic carbocycles. The summed E-state index contributed by atoms with van der Waals surface area (Å²) in [5.41, 5.74) is 2.71. The van der Waals surface area contributed by atoms with E-state index in [1.54, 1.807) is 18.2 Å². The van der Waals surface area contributed by atoms with Crippen molar-refractivity contribution in [1.82, 2.24) is 4.31 Å². The van der Waals surface area contributed by atoms with Gasteiger partial charge in [-0.3, -0.25) is 4.99 Å². The van der Waals surface area contributed by atoms with Crippen LogP contribution < -0.4 is 4.74 Å². The van der Waals surface area contributed by atoms with Gasteiger partial charge in [0.1, 0.15) is 11.5 Å². The lowest BCUT2D eigenvalue weighted by Gasteiger charge is -2.14. The van der Waals surface area contributed by atoms with E-state index in [4.69, 9.17) is 4.74 Å². The molecule has 0 radical (unpaired) electrons. The predicted molar refractivity (Wildman–Crippen MR) is 98.7 cm³/mol. The van der Waals surface area contributed by atoms with E-state index in [1.807, 2.05) is 13.8 Å². The Kier molecular flexibility index (Phi) is 5.49. The second kappa shape index (κ2) is 7.25. The van der Waals surface area contributed by atoms with Gasteiger partial charge in [0.15, 0.2) is 0 Å². The molecule has 0 aliphatic rings. The summed E-state index contributed by atoms with van der Waals surface area (Å²) >= 11 is 0. The maximum atomic E-state index is 12.4. The number of sulfonamides is 1. The molecule has 25 heavy (non-hydrogen) atoms. The first-order valence-corrected chi connectivity index (χ1v) is 9.05. The van der Waals surface area contributed by atoms with Crippen LogP contribution in [0.1, 0.15) is 16.7 Å². The third kappa shape index (κ3) is 4.00. The second-order valence-electron chi connectivity index (χ2n) is 5.85. The molecule has 0 amide bonds.